The van der Waals surface area contributed by atoms with Gasteiger partial charge in [0, 0.05) is 18.3 Å². The highest BCUT2D eigenvalue weighted by Crippen LogP contribution is 2.17. The third-order valence-electron chi connectivity index (χ3n) is 4.33. The lowest BCUT2D eigenvalue weighted by molar-refractivity contribution is 0.367. The number of nitrogens with zero attached hydrogens (tertiary/aromatic N) is 2. The van der Waals surface area contributed by atoms with Crippen molar-refractivity contribution < 1.29 is 0 Å². The van der Waals surface area contributed by atoms with Crippen LogP contribution in [0.2, 0.25) is 0 Å². The summed E-state index contributed by atoms with van der Waals surface area (Å²) in [5.41, 5.74) is 3.84. The molecule has 1 saturated carbocycles. The minimum Gasteiger partial charge on any atom is -0.314 e. The average Bonchev–Trinajstić information content (AvgIpc) is 2.64. The molecule has 0 bridgehead atoms. The summed E-state index contributed by atoms with van der Waals surface area (Å²) in [6, 6.07) is 0.779. The second-order valence-corrected chi connectivity index (χ2v) is 5.66. The van der Waals surface area contributed by atoms with Crippen LogP contribution in [0.4, 0.5) is 0 Å². The minimum absolute atomic E-state index is 0.779. The third kappa shape index (κ3) is 3.35. The van der Waals surface area contributed by atoms with Crippen molar-refractivity contribution in [3.8, 4) is 0 Å². The van der Waals surface area contributed by atoms with Crippen molar-refractivity contribution in [3.63, 3.8) is 0 Å². The lowest BCUT2D eigenvalue weighted by Gasteiger charge is -2.22. The fourth-order valence-corrected chi connectivity index (χ4v) is 2.85. The predicted molar refractivity (Wildman–Crippen MR) is 75.9 cm³/mol. The quantitative estimate of drug-likeness (QED) is 0.813. The highest BCUT2D eigenvalue weighted by atomic mass is 15.3. The number of rotatable bonds is 5. The molecule has 1 fully saturated rings. The van der Waals surface area contributed by atoms with Crippen LogP contribution in [0.1, 0.15) is 55.5 Å². The van der Waals surface area contributed by atoms with Crippen LogP contribution in [0, 0.1) is 20.8 Å². The SMILES string of the molecule is Cc1nn(CCCNC2CCCCC2)c(C)c1C. The predicted octanol–water partition coefficient (Wildman–Crippen LogP) is 3.12. The number of hydrogen-bond donors (Lipinski definition) is 1. The first kappa shape index (κ1) is 13.6. The van der Waals surface area contributed by atoms with E-state index < -0.39 is 0 Å². The minimum atomic E-state index is 0.779. The maximum atomic E-state index is 4.58. The molecule has 3 heteroatoms. The zero-order valence-electron chi connectivity index (χ0n) is 12.1. The van der Waals surface area contributed by atoms with Gasteiger partial charge in [-0.25, -0.2) is 0 Å². The van der Waals surface area contributed by atoms with Gasteiger partial charge in [0.05, 0.1) is 5.69 Å². The van der Waals surface area contributed by atoms with Crippen molar-refractivity contribution in [3.05, 3.63) is 17.0 Å². The Balaban J connectivity index is 1.70. The second-order valence-electron chi connectivity index (χ2n) is 5.66. The van der Waals surface area contributed by atoms with Gasteiger partial charge in [-0.2, -0.15) is 5.10 Å². The van der Waals surface area contributed by atoms with E-state index in [0.717, 1.165) is 19.1 Å². The Morgan fingerprint density at radius 3 is 2.50 bits per heavy atom. The first-order valence-corrected chi connectivity index (χ1v) is 7.42. The zero-order valence-corrected chi connectivity index (χ0v) is 12.1. The van der Waals surface area contributed by atoms with Crippen LogP contribution >= 0.6 is 0 Å². The smallest absolute Gasteiger partial charge is 0.0625 e. The average molecular weight is 249 g/mol. The fraction of sp³-hybridized carbons (Fsp3) is 0.800. The Bertz CT molecular complexity index is 375. The monoisotopic (exact) mass is 249 g/mol. The molecular weight excluding hydrogens is 222 g/mol. The Kier molecular flexibility index (Phi) is 4.81. The molecule has 0 aromatic carbocycles. The maximum absolute atomic E-state index is 4.58. The van der Waals surface area contributed by atoms with Crippen LogP contribution in [0.25, 0.3) is 0 Å². The first-order valence-electron chi connectivity index (χ1n) is 7.42. The van der Waals surface area contributed by atoms with Crippen LogP contribution in [0.15, 0.2) is 0 Å². The van der Waals surface area contributed by atoms with E-state index in [1.165, 1.54) is 55.5 Å². The van der Waals surface area contributed by atoms with E-state index in [-0.39, 0.29) is 0 Å². The highest BCUT2D eigenvalue weighted by molar-refractivity contribution is 5.21. The molecule has 0 amide bonds. The molecule has 18 heavy (non-hydrogen) atoms. The summed E-state index contributed by atoms with van der Waals surface area (Å²) in [6.07, 6.45) is 8.18. The van der Waals surface area contributed by atoms with Crippen LogP contribution in [-0.4, -0.2) is 22.4 Å². The van der Waals surface area contributed by atoms with Crippen molar-refractivity contribution in [2.75, 3.05) is 6.54 Å². The van der Waals surface area contributed by atoms with E-state index in [2.05, 4.69) is 35.9 Å². The molecule has 1 aliphatic carbocycles. The number of aryl methyl sites for hydroxylation is 2. The summed E-state index contributed by atoms with van der Waals surface area (Å²) in [4.78, 5) is 0. The lowest BCUT2D eigenvalue weighted by atomic mass is 9.95. The van der Waals surface area contributed by atoms with Crippen molar-refractivity contribution in [1.29, 1.82) is 0 Å². The van der Waals surface area contributed by atoms with Crippen LogP contribution in [-0.2, 0) is 6.54 Å². The standard InChI is InChI=1S/C15H27N3/c1-12-13(2)17-18(14(12)3)11-7-10-16-15-8-5-4-6-9-15/h15-16H,4-11H2,1-3H3. The van der Waals surface area contributed by atoms with E-state index in [0.29, 0.717) is 0 Å². The molecule has 3 nitrogen and oxygen atoms in total. The van der Waals surface area contributed by atoms with E-state index >= 15 is 0 Å². The van der Waals surface area contributed by atoms with Crippen molar-refractivity contribution >= 4 is 0 Å². The summed E-state index contributed by atoms with van der Waals surface area (Å²) in [5, 5.41) is 8.27. The molecule has 102 valence electrons. The summed E-state index contributed by atoms with van der Waals surface area (Å²) < 4.78 is 2.16. The molecule has 1 N–H and O–H groups in total. The van der Waals surface area contributed by atoms with Crippen LogP contribution in [0.5, 0.6) is 0 Å². The van der Waals surface area contributed by atoms with Crippen LogP contribution in [0.3, 0.4) is 0 Å². The Labute approximate surface area is 111 Å². The molecule has 1 aromatic rings. The number of hydrogen-bond acceptors (Lipinski definition) is 2. The van der Waals surface area contributed by atoms with Gasteiger partial charge >= 0.3 is 0 Å². The molecule has 0 aliphatic heterocycles. The molecule has 2 rings (SSSR count). The summed E-state index contributed by atoms with van der Waals surface area (Å²) in [6.45, 7) is 8.60. The van der Waals surface area contributed by atoms with E-state index in [4.69, 9.17) is 0 Å². The first-order chi connectivity index (χ1) is 8.68. The van der Waals surface area contributed by atoms with Crippen molar-refractivity contribution in [2.24, 2.45) is 0 Å². The molecule has 0 spiro atoms. The molecule has 0 unspecified atom stereocenters. The van der Waals surface area contributed by atoms with Crippen molar-refractivity contribution in [2.45, 2.75) is 71.9 Å². The number of aromatic nitrogens is 2. The zero-order chi connectivity index (χ0) is 13.0. The summed E-state index contributed by atoms with van der Waals surface area (Å²) in [7, 11) is 0. The normalized spacial score (nSPS) is 17.3. The van der Waals surface area contributed by atoms with Gasteiger partial charge in [-0.3, -0.25) is 4.68 Å². The molecular formula is C15H27N3. The Morgan fingerprint density at radius 1 is 1.17 bits per heavy atom. The molecule has 1 aliphatic rings. The fourth-order valence-electron chi connectivity index (χ4n) is 2.85. The van der Waals surface area contributed by atoms with Gasteiger partial charge in [-0.05, 0) is 52.1 Å². The molecule has 0 radical (unpaired) electrons. The largest absolute Gasteiger partial charge is 0.314 e. The van der Waals surface area contributed by atoms with Gasteiger partial charge in [0.15, 0.2) is 0 Å². The lowest BCUT2D eigenvalue weighted by Crippen LogP contribution is -2.32. The highest BCUT2D eigenvalue weighted by Gasteiger charge is 2.12. The van der Waals surface area contributed by atoms with Gasteiger partial charge in [0.1, 0.15) is 0 Å². The van der Waals surface area contributed by atoms with Crippen LogP contribution < -0.4 is 5.32 Å². The molecule has 1 heterocycles. The molecule has 1 aromatic heterocycles. The topological polar surface area (TPSA) is 29.9 Å². The van der Waals surface area contributed by atoms with Crippen molar-refractivity contribution in [1.82, 2.24) is 15.1 Å². The number of nitrogens with one attached hydrogen (secondary N) is 1. The summed E-state index contributed by atoms with van der Waals surface area (Å²) >= 11 is 0. The van der Waals surface area contributed by atoms with Gasteiger partial charge in [-0.15, -0.1) is 0 Å². The Hall–Kier alpha value is -0.830. The Morgan fingerprint density at radius 2 is 1.89 bits per heavy atom. The third-order valence-corrected chi connectivity index (χ3v) is 4.33. The van der Waals surface area contributed by atoms with Gasteiger partial charge in [0.25, 0.3) is 0 Å². The maximum Gasteiger partial charge on any atom is 0.0625 e. The second kappa shape index (κ2) is 6.37. The van der Waals surface area contributed by atoms with Gasteiger partial charge in [-0.1, -0.05) is 19.3 Å². The van der Waals surface area contributed by atoms with E-state index in [1.807, 2.05) is 0 Å². The summed E-state index contributed by atoms with van der Waals surface area (Å²) in [5.74, 6) is 0. The molecule has 0 saturated heterocycles. The molecule has 0 atom stereocenters. The van der Waals surface area contributed by atoms with E-state index in [1.54, 1.807) is 0 Å². The van der Waals surface area contributed by atoms with E-state index in [9.17, 15) is 0 Å². The van der Waals surface area contributed by atoms with Gasteiger partial charge < -0.3 is 5.32 Å². The van der Waals surface area contributed by atoms with Gasteiger partial charge in [0.2, 0.25) is 0 Å².